The van der Waals surface area contributed by atoms with Crippen LogP contribution in [-0.4, -0.2) is 4.57 Å². The summed E-state index contributed by atoms with van der Waals surface area (Å²) in [7, 11) is 0. The van der Waals surface area contributed by atoms with E-state index in [0.29, 0.717) is 21.1 Å². The summed E-state index contributed by atoms with van der Waals surface area (Å²) in [6.07, 6.45) is 0. The second kappa shape index (κ2) is 5.33. The Balaban J connectivity index is 2.15. The molecule has 0 fully saturated rings. The molecule has 3 rings (SSSR count). The topological polar surface area (TPSA) is 35.1 Å². The molecule has 0 aliphatic rings. The van der Waals surface area contributed by atoms with E-state index >= 15 is 0 Å². The number of nitrogens with zero attached hydrogens (tertiary/aromatic N) is 1. The molecule has 0 saturated heterocycles. The minimum absolute atomic E-state index is 0.254. The Morgan fingerprint density at radius 3 is 2.90 bits per heavy atom. The van der Waals surface area contributed by atoms with Gasteiger partial charge in [-0.2, -0.15) is 0 Å². The van der Waals surface area contributed by atoms with Gasteiger partial charge in [-0.3, -0.25) is 4.57 Å². The average Bonchev–Trinajstić information content (AvgIpc) is 2.71. The number of halogens is 3. The number of benzene rings is 2. The molecule has 0 bridgehead atoms. The summed E-state index contributed by atoms with van der Waals surface area (Å²) in [6.45, 7) is 0.254. The summed E-state index contributed by atoms with van der Waals surface area (Å²) in [5.74, 6) is -0.795. The Hall–Kier alpha value is -1.15. The predicted molar refractivity (Wildman–Crippen MR) is 86.4 cm³/mol. The lowest BCUT2D eigenvalue weighted by Gasteiger charge is -2.06. The highest BCUT2D eigenvalue weighted by atomic mass is 127. The molecule has 0 aliphatic heterocycles. The summed E-state index contributed by atoms with van der Waals surface area (Å²) in [6, 6.07) is 10.3. The van der Waals surface area contributed by atoms with Gasteiger partial charge in [-0.25, -0.2) is 9.18 Å². The van der Waals surface area contributed by atoms with Crippen molar-refractivity contribution in [1.82, 2.24) is 4.57 Å². The van der Waals surface area contributed by atoms with Gasteiger partial charge < -0.3 is 4.42 Å². The first kappa shape index (κ1) is 13.8. The third kappa shape index (κ3) is 2.42. The number of hydrogen-bond donors (Lipinski definition) is 0. The third-order valence-electron chi connectivity index (χ3n) is 2.99. The molecule has 0 spiro atoms. The third-order valence-corrected chi connectivity index (χ3v) is 4.55. The van der Waals surface area contributed by atoms with Crippen molar-refractivity contribution in [3.05, 3.63) is 66.4 Å². The summed E-state index contributed by atoms with van der Waals surface area (Å²) in [4.78, 5) is 11.9. The molecule has 0 saturated carbocycles. The Morgan fingerprint density at radius 2 is 2.10 bits per heavy atom. The van der Waals surface area contributed by atoms with Crippen molar-refractivity contribution in [3.63, 3.8) is 0 Å². The Kier molecular flexibility index (Phi) is 3.68. The molecular weight excluding hydrogens is 440 g/mol. The van der Waals surface area contributed by atoms with E-state index < -0.39 is 5.76 Å². The van der Waals surface area contributed by atoms with Gasteiger partial charge >= 0.3 is 5.76 Å². The monoisotopic (exact) mass is 447 g/mol. The summed E-state index contributed by atoms with van der Waals surface area (Å²) in [5.41, 5.74) is 1.93. The maximum atomic E-state index is 13.5. The van der Waals surface area contributed by atoms with Crippen molar-refractivity contribution < 1.29 is 8.81 Å². The first-order valence-electron chi connectivity index (χ1n) is 5.78. The number of rotatable bonds is 2. The molecule has 3 nitrogen and oxygen atoms in total. The lowest BCUT2D eigenvalue weighted by Crippen LogP contribution is -2.15. The van der Waals surface area contributed by atoms with E-state index in [9.17, 15) is 9.18 Å². The van der Waals surface area contributed by atoms with Crippen LogP contribution in [0.5, 0.6) is 0 Å². The van der Waals surface area contributed by atoms with Gasteiger partial charge in [0.15, 0.2) is 5.58 Å². The second-order valence-electron chi connectivity index (χ2n) is 4.28. The van der Waals surface area contributed by atoms with Crippen LogP contribution in [0.25, 0.3) is 11.1 Å². The van der Waals surface area contributed by atoms with E-state index in [1.165, 1.54) is 10.6 Å². The highest BCUT2D eigenvalue weighted by Gasteiger charge is 2.12. The zero-order valence-corrected chi connectivity index (χ0v) is 13.8. The number of oxazole rings is 1. The van der Waals surface area contributed by atoms with Crippen LogP contribution in [0.4, 0.5) is 4.39 Å². The largest absolute Gasteiger partial charge is 0.420 e. The van der Waals surface area contributed by atoms with Crippen LogP contribution in [-0.2, 0) is 6.54 Å². The molecule has 1 heterocycles. The van der Waals surface area contributed by atoms with Crippen molar-refractivity contribution in [1.29, 1.82) is 0 Å². The molecule has 1 aromatic heterocycles. The van der Waals surface area contributed by atoms with Gasteiger partial charge in [0.1, 0.15) is 5.82 Å². The molecule has 3 aromatic rings. The van der Waals surface area contributed by atoms with Gasteiger partial charge in [0.05, 0.1) is 16.5 Å². The van der Waals surface area contributed by atoms with Gasteiger partial charge in [-0.1, -0.05) is 12.1 Å². The molecule has 0 radical (unpaired) electrons. The van der Waals surface area contributed by atoms with E-state index in [4.69, 9.17) is 4.42 Å². The van der Waals surface area contributed by atoms with Crippen molar-refractivity contribution in [2.45, 2.75) is 6.54 Å². The first-order valence-corrected chi connectivity index (χ1v) is 7.65. The maximum absolute atomic E-state index is 13.5. The summed E-state index contributed by atoms with van der Waals surface area (Å²) in [5, 5.41) is 0. The molecule has 0 atom stereocenters. The zero-order valence-electron chi connectivity index (χ0n) is 10.1. The van der Waals surface area contributed by atoms with Crippen LogP contribution < -0.4 is 5.76 Å². The molecular formula is C14H8BrFINO2. The number of fused-ring (bicyclic) bond motifs is 1. The van der Waals surface area contributed by atoms with Crippen molar-refractivity contribution >= 4 is 49.6 Å². The molecule has 20 heavy (non-hydrogen) atoms. The van der Waals surface area contributed by atoms with Crippen LogP contribution in [0.15, 0.2) is 50.1 Å². The van der Waals surface area contributed by atoms with Crippen LogP contribution in [0, 0.1) is 9.39 Å². The van der Waals surface area contributed by atoms with Crippen LogP contribution >= 0.6 is 38.5 Å². The number of hydrogen-bond acceptors (Lipinski definition) is 2. The smallest absolute Gasteiger partial charge is 0.408 e. The highest BCUT2D eigenvalue weighted by Crippen LogP contribution is 2.23. The first-order chi connectivity index (χ1) is 9.56. The molecule has 0 amide bonds. The lowest BCUT2D eigenvalue weighted by atomic mass is 10.2. The molecule has 0 unspecified atom stereocenters. The molecule has 2 aromatic carbocycles. The van der Waals surface area contributed by atoms with Gasteiger partial charge in [-0.05, 0) is 68.3 Å². The van der Waals surface area contributed by atoms with Gasteiger partial charge in [-0.15, -0.1) is 0 Å². The maximum Gasteiger partial charge on any atom is 0.420 e. The fourth-order valence-corrected chi connectivity index (χ4v) is 2.89. The fourth-order valence-electron chi connectivity index (χ4n) is 2.03. The van der Waals surface area contributed by atoms with Gasteiger partial charge in [0, 0.05) is 3.57 Å². The van der Waals surface area contributed by atoms with E-state index in [0.717, 1.165) is 3.57 Å². The standard InChI is InChI=1S/C14H8BrFINO2/c15-13-8(2-1-3-10(13)16)7-18-11-6-9(17)4-5-12(11)20-14(18)19/h1-6H,7H2. The van der Waals surface area contributed by atoms with E-state index in [-0.39, 0.29) is 12.4 Å². The Morgan fingerprint density at radius 1 is 1.30 bits per heavy atom. The average molecular weight is 448 g/mol. The summed E-state index contributed by atoms with van der Waals surface area (Å²) >= 11 is 5.38. The van der Waals surface area contributed by atoms with E-state index in [1.54, 1.807) is 18.2 Å². The molecule has 0 N–H and O–H groups in total. The Labute approximate surface area is 135 Å². The van der Waals surface area contributed by atoms with E-state index in [1.807, 2.05) is 12.1 Å². The molecule has 0 aliphatic carbocycles. The normalized spacial score (nSPS) is 11.2. The molecule has 6 heteroatoms. The quantitative estimate of drug-likeness (QED) is 0.553. The predicted octanol–water partition coefficient (Wildman–Crippen LogP) is 4.15. The second-order valence-corrected chi connectivity index (χ2v) is 6.32. The fraction of sp³-hybridized carbons (Fsp3) is 0.0714. The van der Waals surface area contributed by atoms with E-state index in [2.05, 4.69) is 38.5 Å². The van der Waals surface area contributed by atoms with Gasteiger partial charge in [0.25, 0.3) is 0 Å². The number of aromatic nitrogens is 1. The highest BCUT2D eigenvalue weighted by molar-refractivity contribution is 14.1. The lowest BCUT2D eigenvalue weighted by molar-refractivity contribution is 0.516. The van der Waals surface area contributed by atoms with Crippen LogP contribution in [0.2, 0.25) is 0 Å². The van der Waals surface area contributed by atoms with Crippen LogP contribution in [0.3, 0.4) is 0 Å². The minimum atomic E-state index is -0.446. The molecule has 102 valence electrons. The Bertz CT molecular complexity index is 856. The minimum Gasteiger partial charge on any atom is -0.408 e. The van der Waals surface area contributed by atoms with Crippen LogP contribution in [0.1, 0.15) is 5.56 Å². The summed E-state index contributed by atoms with van der Waals surface area (Å²) < 4.78 is 21.6. The SMILES string of the molecule is O=c1oc2ccc(I)cc2n1Cc1cccc(F)c1Br. The van der Waals surface area contributed by atoms with Crippen molar-refractivity contribution in [3.8, 4) is 0 Å². The zero-order chi connectivity index (χ0) is 14.3. The van der Waals surface area contributed by atoms with Gasteiger partial charge in [0.2, 0.25) is 0 Å². The van der Waals surface area contributed by atoms with Crippen molar-refractivity contribution in [2.24, 2.45) is 0 Å². The van der Waals surface area contributed by atoms with Crippen molar-refractivity contribution in [2.75, 3.05) is 0 Å².